The maximum absolute atomic E-state index is 12.7. The summed E-state index contributed by atoms with van der Waals surface area (Å²) < 4.78 is 5.18. The average molecular weight is 349 g/mol. The van der Waals surface area contributed by atoms with Crippen molar-refractivity contribution in [1.29, 1.82) is 5.26 Å². The maximum Gasteiger partial charge on any atom is 0.253 e. The van der Waals surface area contributed by atoms with Crippen LogP contribution < -0.4 is 4.74 Å². The monoisotopic (exact) mass is 349 g/mol. The van der Waals surface area contributed by atoms with Gasteiger partial charge in [0, 0.05) is 31.7 Å². The van der Waals surface area contributed by atoms with Crippen molar-refractivity contribution in [1.82, 2.24) is 9.80 Å². The number of hydrogen-bond acceptors (Lipinski definition) is 4. The van der Waals surface area contributed by atoms with Gasteiger partial charge in [-0.25, -0.2) is 0 Å². The predicted octanol–water partition coefficient (Wildman–Crippen LogP) is 3.03. The fourth-order valence-electron chi connectivity index (χ4n) is 3.30. The quantitative estimate of drug-likeness (QED) is 0.851. The van der Waals surface area contributed by atoms with Gasteiger partial charge in [0.05, 0.1) is 13.2 Å². The number of nitriles is 1. The van der Waals surface area contributed by atoms with Gasteiger partial charge in [0.25, 0.3) is 5.91 Å². The normalized spacial score (nSPS) is 16.0. The number of carbonyl (C=O) groups is 1. The van der Waals surface area contributed by atoms with Gasteiger partial charge in [0.2, 0.25) is 0 Å². The lowest BCUT2D eigenvalue weighted by atomic mass is 10.0. The van der Waals surface area contributed by atoms with Gasteiger partial charge in [-0.15, -0.1) is 0 Å². The van der Waals surface area contributed by atoms with E-state index in [2.05, 4.69) is 11.0 Å². The number of rotatable bonds is 4. The smallest absolute Gasteiger partial charge is 0.253 e. The lowest BCUT2D eigenvalue weighted by Crippen LogP contribution is -2.49. The van der Waals surface area contributed by atoms with E-state index in [1.165, 1.54) is 0 Å². The molecule has 1 amide bonds. The van der Waals surface area contributed by atoms with Gasteiger partial charge in [0.1, 0.15) is 11.8 Å². The Bertz CT molecular complexity index is 803. The van der Waals surface area contributed by atoms with E-state index in [1.54, 1.807) is 7.11 Å². The van der Waals surface area contributed by atoms with E-state index in [9.17, 15) is 10.1 Å². The molecule has 5 heteroatoms. The first-order valence-electron chi connectivity index (χ1n) is 8.76. The zero-order chi connectivity index (χ0) is 18.5. The molecule has 5 nitrogen and oxygen atoms in total. The van der Waals surface area contributed by atoms with Crippen LogP contribution in [0.5, 0.6) is 5.75 Å². The molecule has 0 radical (unpaired) electrons. The Kier molecular flexibility index (Phi) is 5.55. The van der Waals surface area contributed by atoms with Crippen LogP contribution in [0.15, 0.2) is 48.5 Å². The van der Waals surface area contributed by atoms with Crippen molar-refractivity contribution in [2.45, 2.75) is 13.0 Å². The number of piperazine rings is 1. The molecule has 0 spiro atoms. The fourth-order valence-corrected chi connectivity index (χ4v) is 3.30. The van der Waals surface area contributed by atoms with Gasteiger partial charge in [0.15, 0.2) is 0 Å². The Labute approximate surface area is 154 Å². The Hall–Kier alpha value is -2.84. The highest BCUT2D eigenvalue weighted by Crippen LogP contribution is 2.24. The summed E-state index contributed by atoms with van der Waals surface area (Å²) in [5.41, 5.74) is 2.76. The van der Waals surface area contributed by atoms with Gasteiger partial charge in [-0.05, 0) is 36.8 Å². The molecule has 0 saturated carbocycles. The van der Waals surface area contributed by atoms with Crippen LogP contribution >= 0.6 is 0 Å². The zero-order valence-corrected chi connectivity index (χ0v) is 15.2. The van der Waals surface area contributed by atoms with Crippen molar-refractivity contribution in [3.8, 4) is 11.8 Å². The standard InChI is InChI=1S/C21H23N3O2/c1-16-4-3-5-18(14-16)21(25)24-12-10-23(11-13-24)20(15-22)17-6-8-19(26-2)9-7-17/h3-9,14,20H,10-13H2,1-2H3/t20-/m0/s1. The molecular formula is C21H23N3O2. The summed E-state index contributed by atoms with van der Waals surface area (Å²) in [6, 6.07) is 17.4. The van der Waals surface area contributed by atoms with Gasteiger partial charge in [-0.3, -0.25) is 9.69 Å². The minimum atomic E-state index is -0.308. The molecule has 3 rings (SSSR count). The van der Waals surface area contributed by atoms with Crippen LogP contribution in [0.4, 0.5) is 0 Å². The van der Waals surface area contributed by atoms with Crippen molar-refractivity contribution in [3.63, 3.8) is 0 Å². The summed E-state index contributed by atoms with van der Waals surface area (Å²) in [5, 5.41) is 9.64. The molecule has 0 unspecified atom stereocenters. The van der Waals surface area contributed by atoms with Crippen molar-refractivity contribution < 1.29 is 9.53 Å². The van der Waals surface area contributed by atoms with Crippen LogP contribution in [0.1, 0.15) is 27.5 Å². The van der Waals surface area contributed by atoms with Gasteiger partial charge in [-0.1, -0.05) is 29.8 Å². The van der Waals surface area contributed by atoms with E-state index >= 15 is 0 Å². The molecule has 134 valence electrons. The first kappa shape index (κ1) is 18.0. The van der Waals surface area contributed by atoms with Gasteiger partial charge < -0.3 is 9.64 Å². The fraction of sp³-hybridized carbons (Fsp3) is 0.333. The second-order valence-electron chi connectivity index (χ2n) is 6.50. The molecule has 0 bridgehead atoms. The lowest BCUT2D eigenvalue weighted by Gasteiger charge is -2.37. The molecule has 0 N–H and O–H groups in total. The Morgan fingerprint density at radius 2 is 1.81 bits per heavy atom. The van der Waals surface area contributed by atoms with Crippen LogP contribution in [-0.4, -0.2) is 49.0 Å². The van der Waals surface area contributed by atoms with Gasteiger partial charge >= 0.3 is 0 Å². The van der Waals surface area contributed by atoms with E-state index in [4.69, 9.17) is 4.74 Å². The summed E-state index contributed by atoms with van der Waals surface area (Å²) in [6.45, 7) is 4.60. The summed E-state index contributed by atoms with van der Waals surface area (Å²) >= 11 is 0. The molecule has 1 aliphatic rings. The zero-order valence-electron chi connectivity index (χ0n) is 15.2. The highest BCUT2D eigenvalue weighted by Gasteiger charge is 2.27. The number of nitrogens with zero attached hydrogens (tertiary/aromatic N) is 3. The molecule has 1 heterocycles. The largest absolute Gasteiger partial charge is 0.497 e. The number of amides is 1. The molecular weight excluding hydrogens is 326 g/mol. The number of aryl methyl sites for hydroxylation is 1. The molecule has 1 aliphatic heterocycles. The molecule has 0 aliphatic carbocycles. The minimum Gasteiger partial charge on any atom is -0.497 e. The molecule has 1 fully saturated rings. The van der Waals surface area contributed by atoms with E-state index in [0.717, 1.165) is 22.4 Å². The Morgan fingerprint density at radius 1 is 1.12 bits per heavy atom. The average Bonchev–Trinajstić information content (AvgIpc) is 2.69. The van der Waals surface area contributed by atoms with E-state index in [-0.39, 0.29) is 11.9 Å². The number of benzene rings is 2. The third-order valence-electron chi connectivity index (χ3n) is 4.79. The summed E-state index contributed by atoms with van der Waals surface area (Å²) in [6.07, 6.45) is 0. The maximum atomic E-state index is 12.7. The molecule has 1 atom stereocenters. The van der Waals surface area contributed by atoms with Crippen LogP contribution in [0.3, 0.4) is 0 Å². The Morgan fingerprint density at radius 3 is 2.38 bits per heavy atom. The first-order chi connectivity index (χ1) is 12.6. The number of hydrogen-bond donors (Lipinski definition) is 0. The van der Waals surface area contributed by atoms with Crippen molar-refractivity contribution in [2.24, 2.45) is 0 Å². The van der Waals surface area contributed by atoms with Crippen LogP contribution in [-0.2, 0) is 0 Å². The SMILES string of the molecule is COc1ccc([C@H](C#N)N2CCN(C(=O)c3cccc(C)c3)CC2)cc1. The number of ether oxygens (including phenoxy) is 1. The third kappa shape index (κ3) is 3.87. The molecule has 2 aromatic carbocycles. The number of methoxy groups -OCH3 is 1. The van der Waals surface area contributed by atoms with E-state index in [0.29, 0.717) is 26.2 Å². The summed E-state index contributed by atoms with van der Waals surface area (Å²) in [4.78, 5) is 16.7. The van der Waals surface area contributed by atoms with Crippen LogP contribution in [0.2, 0.25) is 0 Å². The predicted molar refractivity (Wildman–Crippen MR) is 100 cm³/mol. The highest BCUT2D eigenvalue weighted by molar-refractivity contribution is 5.94. The van der Waals surface area contributed by atoms with E-state index in [1.807, 2.05) is 60.4 Å². The highest BCUT2D eigenvalue weighted by atomic mass is 16.5. The van der Waals surface area contributed by atoms with Crippen molar-refractivity contribution >= 4 is 5.91 Å². The molecule has 2 aromatic rings. The second kappa shape index (κ2) is 8.03. The van der Waals surface area contributed by atoms with Gasteiger partial charge in [-0.2, -0.15) is 5.26 Å². The van der Waals surface area contributed by atoms with Crippen molar-refractivity contribution in [2.75, 3.05) is 33.3 Å². The van der Waals surface area contributed by atoms with E-state index < -0.39 is 0 Å². The lowest BCUT2D eigenvalue weighted by molar-refractivity contribution is 0.0606. The second-order valence-corrected chi connectivity index (χ2v) is 6.50. The minimum absolute atomic E-state index is 0.0614. The summed E-state index contributed by atoms with van der Waals surface area (Å²) in [7, 11) is 1.63. The van der Waals surface area contributed by atoms with Crippen LogP contribution in [0.25, 0.3) is 0 Å². The summed E-state index contributed by atoms with van der Waals surface area (Å²) in [5.74, 6) is 0.838. The molecule has 0 aromatic heterocycles. The Balaban J connectivity index is 1.65. The third-order valence-corrected chi connectivity index (χ3v) is 4.79. The first-order valence-corrected chi connectivity index (χ1v) is 8.76. The molecule has 1 saturated heterocycles. The molecule has 26 heavy (non-hydrogen) atoms. The topological polar surface area (TPSA) is 56.6 Å². The van der Waals surface area contributed by atoms with Crippen LogP contribution in [0, 0.1) is 18.3 Å². The van der Waals surface area contributed by atoms with Crippen molar-refractivity contribution in [3.05, 3.63) is 65.2 Å². The number of carbonyl (C=O) groups excluding carboxylic acids is 1.